The van der Waals surface area contributed by atoms with Crippen LogP contribution in [0.15, 0.2) is 9.59 Å². The molecule has 7 nitrogen and oxygen atoms in total. The Hall–Kier alpha value is -1.63. The molecule has 0 amide bonds. The van der Waals surface area contributed by atoms with Crippen molar-refractivity contribution in [2.75, 3.05) is 31.1 Å². The van der Waals surface area contributed by atoms with E-state index in [9.17, 15) is 9.59 Å². The van der Waals surface area contributed by atoms with Crippen LogP contribution in [0.4, 0.5) is 5.82 Å². The second-order valence-corrected chi connectivity index (χ2v) is 4.56. The molecule has 0 spiro atoms. The molecule has 0 aromatic carbocycles. The van der Waals surface area contributed by atoms with Gasteiger partial charge in [0.05, 0.1) is 0 Å². The molecule has 0 saturated carbocycles. The van der Waals surface area contributed by atoms with Gasteiger partial charge in [-0.2, -0.15) is 0 Å². The zero-order chi connectivity index (χ0) is 13.0. The number of anilines is 1. The van der Waals surface area contributed by atoms with Crippen LogP contribution in [0.25, 0.3) is 0 Å². The standard InChI is InChI=1S/C11H19N5O2/c1-2-16(7-8-3-5-12-6-4-8)9-10(17)13-11(18)15-14-9/h8,12H,2-7H2,1H3,(H2,13,15,17,18). The Kier molecular flexibility index (Phi) is 4.14. The van der Waals surface area contributed by atoms with Crippen molar-refractivity contribution in [3.63, 3.8) is 0 Å². The van der Waals surface area contributed by atoms with Crippen LogP contribution >= 0.6 is 0 Å². The van der Waals surface area contributed by atoms with E-state index in [0.717, 1.165) is 32.5 Å². The normalized spacial score (nSPS) is 16.7. The van der Waals surface area contributed by atoms with Gasteiger partial charge in [-0.3, -0.25) is 9.78 Å². The van der Waals surface area contributed by atoms with Gasteiger partial charge in [0.25, 0.3) is 5.56 Å². The summed E-state index contributed by atoms with van der Waals surface area (Å²) in [5, 5.41) is 9.44. The minimum Gasteiger partial charge on any atom is -0.351 e. The van der Waals surface area contributed by atoms with Gasteiger partial charge in [-0.15, -0.1) is 5.10 Å². The molecular weight excluding hydrogens is 234 g/mol. The Morgan fingerprint density at radius 2 is 2.06 bits per heavy atom. The molecule has 1 aromatic rings. The van der Waals surface area contributed by atoms with Gasteiger partial charge in [-0.05, 0) is 38.8 Å². The zero-order valence-corrected chi connectivity index (χ0v) is 10.5. The first-order valence-electron chi connectivity index (χ1n) is 6.35. The van der Waals surface area contributed by atoms with Crippen LogP contribution in [0.3, 0.4) is 0 Å². The molecule has 0 radical (unpaired) electrons. The number of aromatic nitrogens is 3. The SMILES string of the molecule is CCN(CC1CCNCC1)c1n[nH]c(=O)[nH]c1=O. The van der Waals surface area contributed by atoms with E-state index in [4.69, 9.17) is 0 Å². The highest BCUT2D eigenvalue weighted by Crippen LogP contribution is 2.15. The van der Waals surface area contributed by atoms with E-state index in [0.29, 0.717) is 18.3 Å². The minimum atomic E-state index is -0.568. The quantitative estimate of drug-likeness (QED) is 0.658. The van der Waals surface area contributed by atoms with Gasteiger partial charge in [0, 0.05) is 13.1 Å². The highest BCUT2D eigenvalue weighted by atomic mass is 16.2. The Bertz CT molecular complexity index is 489. The van der Waals surface area contributed by atoms with E-state index in [-0.39, 0.29) is 0 Å². The molecule has 7 heteroatoms. The van der Waals surface area contributed by atoms with Crippen molar-refractivity contribution in [2.24, 2.45) is 5.92 Å². The van der Waals surface area contributed by atoms with Gasteiger partial charge >= 0.3 is 5.69 Å². The Morgan fingerprint density at radius 1 is 1.33 bits per heavy atom. The predicted molar refractivity (Wildman–Crippen MR) is 69.0 cm³/mol. The largest absolute Gasteiger partial charge is 0.351 e. The lowest BCUT2D eigenvalue weighted by molar-refractivity contribution is 0.373. The van der Waals surface area contributed by atoms with Crippen molar-refractivity contribution < 1.29 is 0 Å². The van der Waals surface area contributed by atoms with E-state index in [1.807, 2.05) is 11.8 Å². The zero-order valence-electron chi connectivity index (χ0n) is 10.5. The first kappa shape index (κ1) is 12.8. The molecule has 1 fully saturated rings. The Balaban J connectivity index is 2.12. The fraction of sp³-hybridized carbons (Fsp3) is 0.727. The molecule has 0 unspecified atom stereocenters. The summed E-state index contributed by atoms with van der Waals surface area (Å²) in [6.45, 7) is 5.54. The average Bonchev–Trinajstić information content (AvgIpc) is 2.38. The van der Waals surface area contributed by atoms with Gasteiger partial charge in [0.2, 0.25) is 5.82 Å². The summed E-state index contributed by atoms with van der Waals surface area (Å²) in [5.74, 6) is 0.870. The lowest BCUT2D eigenvalue weighted by atomic mass is 9.97. The second-order valence-electron chi connectivity index (χ2n) is 4.56. The fourth-order valence-corrected chi connectivity index (χ4v) is 2.30. The summed E-state index contributed by atoms with van der Waals surface area (Å²) >= 11 is 0. The first-order chi connectivity index (χ1) is 8.70. The van der Waals surface area contributed by atoms with E-state index < -0.39 is 11.2 Å². The van der Waals surface area contributed by atoms with Crippen molar-refractivity contribution in [3.05, 3.63) is 20.8 Å². The van der Waals surface area contributed by atoms with Gasteiger partial charge in [0.1, 0.15) is 0 Å². The molecular formula is C11H19N5O2. The van der Waals surface area contributed by atoms with E-state index >= 15 is 0 Å². The molecule has 1 saturated heterocycles. The monoisotopic (exact) mass is 253 g/mol. The number of nitrogens with zero attached hydrogens (tertiary/aromatic N) is 2. The third-order valence-corrected chi connectivity index (χ3v) is 3.31. The van der Waals surface area contributed by atoms with Crippen molar-refractivity contribution >= 4 is 5.82 Å². The van der Waals surface area contributed by atoms with E-state index in [1.54, 1.807) is 0 Å². The summed E-state index contributed by atoms with van der Waals surface area (Å²) < 4.78 is 0. The lowest BCUT2D eigenvalue weighted by Gasteiger charge is -2.29. The average molecular weight is 253 g/mol. The second kappa shape index (κ2) is 5.81. The minimum absolute atomic E-state index is 0.302. The lowest BCUT2D eigenvalue weighted by Crippen LogP contribution is -2.40. The van der Waals surface area contributed by atoms with E-state index in [2.05, 4.69) is 20.5 Å². The predicted octanol–water partition coefficient (Wildman–Crippen LogP) is -0.716. The number of aromatic amines is 2. The van der Waals surface area contributed by atoms with E-state index in [1.165, 1.54) is 0 Å². The van der Waals surface area contributed by atoms with Crippen molar-refractivity contribution in [3.8, 4) is 0 Å². The molecule has 18 heavy (non-hydrogen) atoms. The maximum absolute atomic E-state index is 11.7. The molecule has 100 valence electrons. The maximum atomic E-state index is 11.7. The number of nitrogens with one attached hydrogen (secondary N) is 3. The van der Waals surface area contributed by atoms with Crippen LogP contribution in [0.1, 0.15) is 19.8 Å². The van der Waals surface area contributed by atoms with Crippen LogP contribution in [0, 0.1) is 5.92 Å². The molecule has 1 aromatic heterocycles. The van der Waals surface area contributed by atoms with Crippen LogP contribution in [0.2, 0.25) is 0 Å². The Labute approximate surface area is 105 Å². The third-order valence-electron chi connectivity index (χ3n) is 3.31. The van der Waals surface area contributed by atoms with Crippen LogP contribution in [-0.2, 0) is 0 Å². The Morgan fingerprint density at radius 3 is 2.67 bits per heavy atom. The maximum Gasteiger partial charge on any atom is 0.342 e. The number of rotatable bonds is 4. The molecule has 0 aliphatic carbocycles. The summed E-state index contributed by atoms with van der Waals surface area (Å²) in [6, 6.07) is 0. The first-order valence-corrected chi connectivity index (χ1v) is 6.35. The summed E-state index contributed by atoms with van der Waals surface area (Å²) in [7, 11) is 0. The summed E-state index contributed by atoms with van der Waals surface area (Å²) in [6.07, 6.45) is 2.22. The third kappa shape index (κ3) is 2.98. The molecule has 0 bridgehead atoms. The van der Waals surface area contributed by atoms with Gasteiger partial charge < -0.3 is 10.2 Å². The molecule has 0 atom stereocenters. The van der Waals surface area contributed by atoms with Crippen LogP contribution in [-0.4, -0.2) is 41.4 Å². The molecule has 3 N–H and O–H groups in total. The molecule has 2 heterocycles. The topological polar surface area (TPSA) is 93.9 Å². The number of hydrogen-bond acceptors (Lipinski definition) is 5. The summed E-state index contributed by atoms with van der Waals surface area (Å²) in [5.41, 5.74) is -0.990. The van der Waals surface area contributed by atoms with Crippen LogP contribution in [0.5, 0.6) is 0 Å². The molecule has 1 aliphatic rings. The number of piperidine rings is 1. The number of hydrogen-bond donors (Lipinski definition) is 3. The molecule has 1 aliphatic heterocycles. The van der Waals surface area contributed by atoms with Gasteiger partial charge in [-0.25, -0.2) is 9.89 Å². The van der Waals surface area contributed by atoms with Crippen molar-refractivity contribution in [2.45, 2.75) is 19.8 Å². The number of H-pyrrole nitrogens is 2. The van der Waals surface area contributed by atoms with Gasteiger partial charge in [-0.1, -0.05) is 0 Å². The highest BCUT2D eigenvalue weighted by Gasteiger charge is 2.19. The highest BCUT2D eigenvalue weighted by molar-refractivity contribution is 5.33. The smallest absolute Gasteiger partial charge is 0.342 e. The van der Waals surface area contributed by atoms with Crippen molar-refractivity contribution in [1.82, 2.24) is 20.5 Å². The van der Waals surface area contributed by atoms with Gasteiger partial charge in [0.15, 0.2) is 0 Å². The summed E-state index contributed by atoms with van der Waals surface area (Å²) in [4.78, 5) is 26.8. The molecule has 2 rings (SSSR count). The fourth-order valence-electron chi connectivity index (χ4n) is 2.30. The van der Waals surface area contributed by atoms with Crippen LogP contribution < -0.4 is 21.5 Å². The van der Waals surface area contributed by atoms with Crippen molar-refractivity contribution in [1.29, 1.82) is 0 Å².